The lowest BCUT2D eigenvalue weighted by Gasteiger charge is -2.13. The van der Waals surface area contributed by atoms with E-state index in [1.54, 1.807) is 7.11 Å². The van der Waals surface area contributed by atoms with E-state index in [0.717, 1.165) is 23.3 Å². The molecule has 96 valence electrons. The van der Waals surface area contributed by atoms with Crippen LogP contribution in [0.4, 0.5) is 5.69 Å². The molecule has 0 saturated heterocycles. The fourth-order valence-electron chi connectivity index (χ4n) is 2.34. The third-order valence-electron chi connectivity index (χ3n) is 3.59. The zero-order valence-electron chi connectivity index (χ0n) is 10.9. The summed E-state index contributed by atoms with van der Waals surface area (Å²) in [6, 6.07) is 5.95. The molecule has 1 aromatic heterocycles. The van der Waals surface area contributed by atoms with Crippen molar-refractivity contribution in [3.63, 3.8) is 0 Å². The van der Waals surface area contributed by atoms with Crippen molar-refractivity contribution in [2.75, 3.05) is 12.8 Å². The van der Waals surface area contributed by atoms with Gasteiger partial charge in [0.1, 0.15) is 5.82 Å². The predicted octanol–water partition coefficient (Wildman–Crippen LogP) is 2.53. The molecule has 0 amide bonds. The van der Waals surface area contributed by atoms with Crippen molar-refractivity contribution in [1.29, 1.82) is 0 Å². The molecular weight excluding hydrogens is 226 g/mol. The van der Waals surface area contributed by atoms with Crippen LogP contribution >= 0.6 is 0 Å². The van der Waals surface area contributed by atoms with Crippen LogP contribution in [0.25, 0.3) is 11.0 Å². The van der Waals surface area contributed by atoms with Crippen molar-refractivity contribution < 1.29 is 4.74 Å². The van der Waals surface area contributed by atoms with Gasteiger partial charge in [-0.3, -0.25) is 0 Å². The summed E-state index contributed by atoms with van der Waals surface area (Å²) in [5.41, 5.74) is 8.76. The van der Waals surface area contributed by atoms with Crippen LogP contribution in [0.15, 0.2) is 18.2 Å². The summed E-state index contributed by atoms with van der Waals surface area (Å²) in [4.78, 5) is 4.75. The number of nitrogen functional groups attached to an aromatic ring is 1. The lowest BCUT2D eigenvalue weighted by Crippen LogP contribution is -2.16. The van der Waals surface area contributed by atoms with Crippen LogP contribution in [0.2, 0.25) is 0 Å². The molecule has 1 aliphatic carbocycles. The first kappa shape index (κ1) is 11.5. The highest BCUT2D eigenvalue weighted by molar-refractivity contribution is 5.79. The maximum absolute atomic E-state index is 5.83. The standard InChI is InChI=1S/C14H19N3O/c1-9(18-2)8-17-13-6-5-11(15)7-12(13)16-14(17)10-3-4-10/h5-7,9-10H,3-4,8,15H2,1-2H3. The third kappa shape index (κ3) is 1.97. The highest BCUT2D eigenvalue weighted by Gasteiger charge is 2.29. The number of benzene rings is 1. The number of rotatable bonds is 4. The van der Waals surface area contributed by atoms with Crippen molar-refractivity contribution >= 4 is 16.7 Å². The molecule has 1 aliphatic rings. The molecular formula is C14H19N3O. The van der Waals surface area contributed by atoms with Crippen LogP contribution in [0.1, 0.15) is 31.5 Å². The lowest BCUT2D eigenvalue weighted by molar-refractivity contribution is 0.103. The first-order chi connectivity index (χ1) is 8.69. The summed E-state index contributed by atoms with van der Waals surface area (Å²) in [6.45, 7) is 2.93. The van der Waals surface area contributed by atoms with Gasteiger partial charge in [0.05, 0.1) is 23.7 Å². The van der Waals surface area contributed by atoms with E-state index in [1.165, 1.54) is 18.7 Å². The third-order valence-corrected chi connectivity index (χ3v) is 3.59. The zero-order valence-corrected chi connectivity index (χ0v) is 10.9. The van der Waals surface area contributed by atoms with Gasteiger partial charge in [-0.2, -0.15) is 0 Å². The number of nitrogens with two attached hydrogens (primary N) is 1. The largest absolute Gasteiger partial charge is 0.399 e. The fraction of sp³-hybridized carbons (Fsp3) is 0.500. The molecule has 2 N–H and O–H groups in total. The van der Waals surface area contributed by atoms with Crippen LogP contribution in [0, 0.1) is 0 Å². The van der Waals surface area contributed by atoms with Crippen LogP contribution in [0.3, 0.4) is 0 Å². The van der Waals surface area contributed by atoms with E-state index in [4.69, 9.17) is 15.5 Å². The lowest BCUT2D eigenvalue weighted by atomic mass is 10.2. The minimum absolute atomic E-state index is 0.192. The molecule has 0 radical (unpaired) electrons. The van der Waals surface area contributed by atoms with Crippen molar-refractivity contribution in [1.82, 2.24) is 9.55 Å². The normalized spacial score (nSPS) is 17.2. The highest BCUT2D eigenvalue weighted by Crippen LogP contribution is 2.40. The van der Waals surface area contributed by atoms with Crippen molar-refractivity contribution in [2.24, 2.45) is 0 Å². The number of hydrogen-bond acceptors (Lipinski definition) is 3. The first-order valence-electron chi connectivity index (χ1n) is 6.47. The van der Waals surface area contributed by atoms with Crippen LogP contribution in [0.5, 0.6) is 0 Å². The average molecular weight is 245 g/mol. The number of hydrogen-bond donors (Lipinski definition) is 1. The summed E-state index contributed by atoms with van der Waals surface area (Å²) in [7, 11) is 1.75. The SMILES string of the molecule is COC(C)Cn1c(C2CC2)nc2cc(N)ccc21. The average Bonchev–Trinajstić information content (AvgIpc) is 3.14. The maximum Gasteiger partial charge on any atom is 0.113 e. The van der Waals surface area contributed by atoms with Gasteiger partial charge >= 0.3 is 0 Å². The minimum Gasteiger partial charge on any atom is -0.399 e. The molecule has 3 rings (SSSR count). The second-order valence-corrected chi connectivity index (χ2v) is 5.15. The Balaban J connectivity index is 2.09. The predicted molar refractivity (Wildman–Crippen MR) is 72.6 cm³/mol. The summed E-state index contributed by atoms with van der Waals surface area (Å²) in [5, 5.41) is 0. The molecule has 0 bridgehead atoms. The van der Waals surface area contributed by atoms with Crippen LogP contribution in [-0.2, 0) is 11.3 Å². The van der Waals surface area contributed by atoms with Gasteiger partial charge in [-0.05, 0) is 38.0 Å². The summed E-state index contributed by atoms with van der Waals surface area (Å²) >= 11 is 0. The number of imidazole rings is 1. The molecule has 0 spiro atoms. The van der Waals surface area contributed by atoms with E-state index in [-0.39, 0.29) is 6.10 Å². The first-order valence-corrected chi connectivity index (χ1v) is 6.47. The highest BCUT2D eigenvalue weighted by atomic mass is 16.5. The minimum atomic E-state index is 0.192. The Hall–Kier alpha value is -1.55. The van der Waals surface area contributed by atoms with Gasteiger partial charge < -0.3 is 15.0 Å². The second-order valence-electron chi connectivity index (χ2n) is 5.15. The van der Waals surface area contributed by atoms with Gasteiger partial charge in [-0.25, -0.2) is 4.98 Å². The van der Waals surface area contributed by atoms with Crippen molar-refractivity contribution in [3.8, 4) is 0 Å². The molecule has 0 aliphatic heterocycles. The summed E-state index contributed by atoms with van der Waals surface area (Å²) in [5.74, 6) is 1.82. The molecule has 1 saturated carbocycles. The van der Waals surface area contributed by atoms with E-state index < -0.39 is 0 Å². The van der Waals surface area contributed by atoms with Crippen LogP contribution < -0.4 is 5.73 Å². The smallest absolute Gasteiger partial charge is 0.113 e. The Morgan fingerprint density at radius 2 is 2.28 bits per heavy atom. The monoisotopic (exact) mass is 245 g/mol. The van der Waals surface area contributed by atoms with Crippen molar-refractivity contribution in [2.45, 2.75) is 38.3 Å². The Morgan fingerprint density at radius 3 is 2.94 bits per heavy atom. The molecule has 1 unspecified atom stereocenters. The van der Waals surface area contributed by atoms with E-state index in [1.807, 2.05) is 12.1 Å². The molecule has 1 atom stereocenters. The quantitative estimate of drug-likeness (QED) is 0.842. The Bertz CT molecular complexity index is 572. The number of fused-ring (bicyclic) bond motifs is 1. The number of nitrogens with zero attached hydrogens (tertiary/aromatic N) is 2. The summed E-state index contributed by atoms with van der Waals surface area (Å²) < 4.78 is 7.67. The van der Waals surface area contributed by atoms with Gasteiger partial charge in [-0.15, -0.1) is 0 Å². The number of methoxy groups -OCH3 is 1. The Morgan fingerprint density at radius 1 is 1.50 bits per heavy atom. The Kier molecular flexibility index (Phi) is 2.74. The molecule has 4 heteroatoms. The molecule has 2 aromatic rings. The zero-order chi connectivity index (χ0) is 12.7. The van der Waals surface area contributed by atoms with E-state index in [0.29, 0.717) is 5.92 Å². The van der Waals surface area contributed by atoms with Crippen LogP contribution in [-0.4, -0.2) is 22.8 Å². The van der Waals surface area contributed by atoms with Gasteiger partial charge in [0.25, 0.3) is 0 Å². The number of anilines is 1. The van der Waals surface area contributed by atoms with Crippen molar-refractivity contribution in [3.05, 3.63) is 24.0 Å². The molecule has 1 heterocycles. The molecule has 18 heavy (non-hydrogen) atoms. The summed E-state index contributed by atoms with van der Waals surface area (Å²) in [6.07, 6.45) is 2.69. The van der Waals surface area contributed by atoms with Gasteiger partial charge in [0, 0.05) is 18.7 Å². The van der Waals surface area contributed by atoms with Gasteiger partial charge in [0.15, 0.2) is 0 Å². The molecule has 4 nitrogen and oxygen atoms in total. The van der Waals surface area contributed by atoms with E-state index in [2.05, 4.69) is 17.6 Å². The maximum atomic E-state index is 5.83. The molecule has 1 fully saturated rings. The topological polar surface area (TPSA) is 53.1 Å². The van der Waals surface area contributed by atoms with Gasteiger partial charge in [0.2, 0.25) is 0 Å². The fourth-order valence-corrected chi connectivity index (χ4v) is 2.34. The molecule has 1 aromatic carbocycles. The van der Waals surface area contributed by atoms with Gasteiger partial charge in [-0.1, -0.05) is 0 Å². The Labute approximate surface area is 107 Å². The second kappa shape index (κ2) is 4.28. The van der Waals surface area contributed by atoms with E-state index in [9.17, 15) is 0 Å². The number of ether oxygens (including phenoxy) is 1. The number of aromatic nitrogens is 2. The van der Waals surface area contributed by atoms with E-state index >= 15 is 0 Å².